The highest BCUT2D eigenvalue weighted by molar-refractivity contribution is 4.83. The Morgan fingerprint density at radius 2 is 2.25 bits per heavy atom. The lowest BCUT2D eigenvalue weighted by Crippen LogP contribution is -2.20. The monoisotopic (exact) mass is 168 g/mol. The first-order valence-corrected chi connectivity index (χ1v) is 4.87. The molecule has 2 atom stereocenters. The molecule has 0 aliphatic carbocycles. The van der Waals surface area contributed by atoms with Gasteiger partial charge < -0.3 is 9.47 Å². The van der Waals surface area contributed by atoms with Crippen LogP contribution in [0.3, 0.4) is 0 Å². The molecule has 0 aromatic rings. The van der Waals surface area contributed by atoms with E-state index in [4.69, 9.17) is 9.47 Å². The van der Waals surface area contributed by atoms with Gasteiger partial charge in [0.2, 0.25) is 0 Å². The molecular formula is C10H16O2. The van der Waals surface area contributed by atoms with Crippen LogP contribution in [0.4, 0.5) is 0 Å². The minimum absolute atomic E-state index is 0.415. The predicted octanol–water partition coefficient (Wildman–Crippen LogP) is 2.25. The smallest absolute Gasteiger partial charge is 0.101 e. The number of allylic oxidation sites excluding steroid dienone is 1. The Hall–Kier alpha value is -0.500. The molecule has 68 valence electrons. The quantitative estimate of drug-likeness (QED) is 0.629. The molecule has 2 nitrogen and oxygen atoms in total. The molecule has 0 saturated carbocycles. The van der Waals surface area contributed by atoms with Crippen LogP contribution in [0.5, 0.6) is 0 Å². The zero-order chi connectivity index (χ0) is 8.23. The van der Waals surface area contributed by atoms with Crippen molar-refractivity contribution in [1.29, 1.82) is 0 Å². The third kappa shape index (κ3) is 2.01. The molecule has 0 radical (unpaired) electrons. The van der Waals surface area contributed by atoms with Gasteiger partial charge in [-0.05, 0) is 31.8 Å². The topological polar surface area (TPSA) is 18.5 Å². The van der Waals surface area contributed by atoms with E-state index in [0.717, 1.165) is 25.9 Å². The van der Waals surface area contributed by atoms with Gasteiger partial charge in [-0.15, -0.1) is 0 Å². The van der Waals surface area contributed by atoms with Gasteiger partial charge in [-0.2, -0.15) is 0 Å². The highest BCUT2D eigenvalue weighted by atomic mass is 16.5. The van der Waals surface area contributed by atoms with Gasteiger partial charge in [-0.3, -0.25) is 0 Å². The van der Waals surface area contributed by atoms with Crippen molar-refractivity contribution >= 4 is 0 Å². The maximum Gasteiger partial charge on any atom is 0.101 e. The normalized spacial score (nSPS) is 35.0. The van der Waals surface area contributed by atoms with Crippen LogP contribution in [-0.4, -0.2) is 18.8 Å². The second kappa shape index (κ2) is 3.94. The minimum atomic E-state index is 0.415. The van der Waals surface area contributed by atoms with Crippen molar-refractivity contribution < 1.29 is 9.47 Å². The second-order valence-electron chi connectivity index (χ2n) is 3.58. The van der Waals surface area contributed by atoms with Gasteiger partial charge in [0.1, 0.15) is 6.10 Å². The van der Waals surface area contributed by atoms with Crippen molar-refractivity contribution in [3.63, 3.8) is 0 Å². The highest BCUT2D eigenvalue weighted by Gasteiger charge is 2.21. The van der Waals surface area contributed by atoms with Crippen LogP contribution in [0.2, 0.25) is 0 Å². The fourth-order valence-corrected chi connectivity index (χ4v) is 1.88. The molecule has 1 saturated heterocycles. The van der Waals surface area contributed by atoms with Crippen LogP contribution in [0, 0.1) is 0 Å². The lowest BCUT2D eigenvalue weighted by atomic mass is 10.0. The second-order valence-corrected chi connectivity index (χ2v) is 3.58. The third-order valence-electron chi connectivity index (χ3n) is 2.57. The molecular weight excluding hydrogens is 152 g/mol. The SMILES string of the molecule is C1=COC(CC2CCCO2)CC1. The highest BCUT2D eigenvalue weighted by Crippen LogP contribution is 2.22. The molecule has 2 aliphatic rings. The zero-order valence-corrected chi connectivity index (χ0v) is 7.37. The number of hydrogen-bond donors (Lipinski definition) is 0. The average molecular weight is 168 g/mol. The molecule has 2 aliphatic heterocycles. The maximum absolute atomic E-state index is 5.55. The van der Waals surface area contributed by atoms with E-state index in [0.29, 0.717) is 12.2 Å². The van der Waals surface area contributed by atoms with Gasteiger partial charge in [0, 0.05) is 13.0 Å². The molecule has 0 bridgehead atoms. The van der Waals surface area contributed by atoms with Crippen molar-refractivity contribution in [2.75, 3.05) is 6.61 Å². The lowest BCUT2D eigenvalue weighted by Gasteiger charge is -2.21. The van der Waals surface area contributed by atoms with Crippen LogP contribution in [0.1, 0.15) is 32.1 Å². The number of ether oxygens (including phenoxy) is 2. The van der Waals surface area contributed by atoms with Crippen molar-refractivity contribution in [2.24, 2.45) is 0 Å². The Morgan fingerprint density at radius 1 is 1.25 bits per heavy atom. The Morgan fingerprint density at radius 3 is 2.92 bits per heavy atom. The summed E-state index contributed by atoms with van der Waals surface area (Å²) in [5.74, 6) is 0. The Kier molecular flexibility index (Phi) is 2.67. The Balaban J connectivity index is 1.74. The van der Waals surface area contributed by atoms with E-state index in [1.54, 1.807) is 0 Å². The fourth-order valence-electron chi connectivity index (χ4n) is 1.88. The van der Waals surface area contributed by atoms with Gasteiger partial charge in [0.15, 0.2) is 0 Å². The summed E-state index contributed by atoms with van der Waals surface area (Å²) in [6.45, 7) is 0.952. The summed E-state index contributed by atoms with van der Waals surface area (Å²) < 4.78 is 11.0. The number of hydrogen-bond acceptors (Lipinski definition) is 2. The van der Waals surface area contributed by atoms with Crippen molar-refractivity contribution in [3.8, 4) is 0 Å². The molecule has 2 rings (SSSR count). The van der Waals surface area contributed by atoms with Gasteiger partial charge in [-0.25, -0.2) is 0 Å². The summed E-state index contributed by atoms with van der Waals surface area (Å²) in [6.07, 6.45) is 10.7. The molecule has 1 fully saturated rings. The lowest BCUT2D eigenvalue weighted by molar-refractivity contribution is 0.0380. The van der Waals surface area contributed by atoms with Gasteiger partial charge in [0.25, 0.3) is 0 Å². The summed E-state index contributed by atoms with van der Waals surface area (Å²) in [5.41, 5.74) is 0. The molecule has 2 unspecified atom stereocenters. The summed E-state index contributed by atoms with van der Waals surface area (Å²) >= 11 is 0. The Labute approximate surface area is 73.5 Å². The first-order valence-electron chi connectivity index (χ1n) is 4.87. The molecule has 12 heavy (non-hydrogen) atoms. The summed E-state index contributed by atoms with van der Waals surface area (Å²) in [7, 11) is 0. The summed E-state index contributed by atoms with van der Waals surface area (Å²) in [6, 6.07) is 0. The molecule has 2 heteroatoms. The van der Waals surface area contributed by atoms with Crippen molar-refractivity contribution in [2.45, 2.75) is 44.3 Å². The minimum Gasteiger partial charge on any atom is -0.498 e. The van der Waals surface area contributed by atoms with Crippen LogP contribution in [0.15, 0.2) is 12.3 Å². The van der Waals surface area contributed by atoms with E-state index in [1.807, 2.05) is 6.26 Å². The summed E-state index contributed by atoms with van der Waals surface area (Å²) in [4.78, 5) is 0. The molecule has 2 heterocycles. The third-order valence-corrected chi connectivity index (χ3v) is 2.57. The van der Waals surface area contributed by atoms with E-state index < -0.39 is 0 Å². The number of rotatable bonds is 2. The fraction of sp³-hybridized carbons (Fsp3) is 0.800. The molecule has 0 aromatic heterocycles. The molecule has 0 N–H and O–H groups in total. The van der Waals surface area contributed by atoms with Gasteiger partial charge in [-0.1, -0.05) is 0 Å². The van der Waals surface area contributed by atoms with Crippen LogP contribution >= 0.6 is 0 Å². The van der Waals surface area contributed by atoms with Crippen LogP contribution < -0.4 is 0 Å². The van der Waals surface area contributed by atoms with E-state index in [9.17, 15) is 0 Å². The molecule has 0 spiro atoms. The first kappa shape index (κ1) is 8.11. The van der Waals surface area contributed by atoms with E-state index in [2.05, 4.69) is 6.08 Å². The van der Waals surface area contributed by atoms with E-state index in [1.165, 1.54) is 12.8 Å². The Bertz CT molecular complexity index is 159. The average Bonchev–Trinajstić information content (AvgIpc) is 2.59. The van der Waals surface area contributed by atoms with E-state index in [-0.39, 0.29) is 0 Å². The standard InChI is InChI=1S/C10H16O2/c1-2-6-11-9(4-1)8-10-5-3-7-12-10/h2,6,9-10H,1,3-5,7-8H2. The zero-order valence-electron chi connectivity index (χ0n) is 7.37. The summed E-state index contributed by atoms with van der Waals surface area (Å²) in [5, 5.41) is 0. The predicted molar refractivity (Wildman–Crippen MR) is 46.8 cm³/mol. The van der Waals surface area contributed by atoms with E-state index >= 15 is 0 Å². The van der Waals surface area contributed by atoms with Crippen LogP contribution in [-0.2, 0) is 9.47 Å². The van der Waals surface area contributed by atoms with Gasteiger partial charge in [0.05, 0.1) is 12.4 Å². The largest absolute Gasteiger partial charge is 0.498 e. The molecule has 0 amide bonds. The van der Waals surface area contributed by atoms with Gasteiger partial charge >= 0.3 is 0 Å². The maximum atomic E-state index is 5.55. The molecule has 0 aromatic carbocycles. The van der Waals surface area contributed by atoms with Crippen LogP contribution in [0.25, 0.3) is 0 Å². The van der Waals surface area contributed by atoms with Crippen molar-refractivity contribution in [1.82, 2.24) is 0 Å². The first-order chi connectivity index (χ1) is 5.95. The van der Waals surface area contributed by atoms with Crippen molar-refractivity contribution in [3.05, 3.63) is 12.3 Å².